The van der Waals surface area contributed by atoms with E-state index in [0.717, 1.165) is 38.0 Å². The van der Waals surface area contributed by atoms with Crippen molar-refractivity contribution < 1.29 is 0 Å². The molecule has 1 aliphatic rings. The molecule has 2 rings (SSSR count). The third kappa shape index (κ3) is 2.64. The quantitative estimate of drug-likeness (QED) is 0.624. The molecule has 1 aromatic rings. The van der Waals surface area contributed by atoms with E-state index in [-0.39, 0.29) is 11.2 Å². The van der Waals surface area contributed by atoms with E-state index in [0.29, 0.717) is 12.4 Å². The summed E-state index contributed by atoms with van der Waals surface area (Å²) >= 11 is 0. The first-order valence-corrected chi connectivity index (χ1v) is 6.96. The molecule has 0 spiro atoms. The number of nitrogens with zero attached hydrogens (tertiary/aromatic N) is 3. The second-order valence-electron chi connectivity index (χ2n) is 5.23. The van der Waals surface area contributed by atoms with Gasteiger partial charge in [-0.2, -0.15) is 0 Å². The lowest BCUT2D eigenvalue weighted by atomic mass is 10.2. The molecule has 6 heteroatoms. The first-order valence-electron chi connectivity index (χ1n) is 6.96. The maximum absolute atomic E-state index is 11.9. The number of allylic oxidation sites excluding steroid dienone is 1. The number of hydrogen-bond acceptors (Lipinski definition) is 4. The Morgan fingerprint density at radius 2 is 2.00 bits per heavy atom. The van der Waals surface area contributed by atoms with E-state index in [1.165, 1.54) is 4.57 Å². The molecule has 0 aromatic carbocycles. The Balaban J connectivity index is 2.15. The van der Waals surface area contributed by atoms with Crippen LogP contribution in [0.25, 0.3) is 0 Å². The third-order valence-corrected chi connectivity index (χ3v) is 3.67. The van der Waals surface area contributed by atoms with Crippen molar-refractivity contribution >= 4 is 11.5 Å². The van der Waals surface area contributed by atoms with Gasteiger partial charge in [0.1, 0.15) is 11.5 Å². The van der Waals surface area contributed by atoms with Gasteiger partial charge in [-0.3, -0.25) is 14.3 Å². The zero-order valence-electron chi connectivity index (χ0n) is 12.2. The molecule has 0 fully saturated rings. The smallest absolute Gasteiger partial charge is 0.329 e. The molecule has 0 amide bonds. The minimum atomic E-state index is -0.360. The molecular formula is C14H22N4O2. The van der Waals surface area contributed by atoms with Crippen LogP contribution >= 0.6 is 0 Å². The van der Waals surface area contributed by atoms with Gasteiger partial charge in [-0.05, 0) is 19.3 Å². The molecule has 1 aromatic heterocycles. The summed E-state index contributed by atoms with van der Waals surface area (Å²) in [5.74, 6) is 0.727. The topological polar surface area (TPSA) is 61.3 Å². The van der Waals surface area contributed by atoms with Gasteiger partial charge in [-0.1, -0.05) is 12.5 Å². The summed E-state index contributed by atoms with van der Waals surface area (Å²) in [5.41, 5.74) is -0.0846. The van der Waals surface area contributed by atoms with Crippen molar-refractivity contribution in [2.24, 2.45) is 7.05 Å². The highest BCUT2D eigenvalue weighted by Gasteiger charge is 2.28. The highest BCUT2D eigenvalue weighted by molar-refractivity contribution is 5.71. The van der Waals surface area contributed by atoms with Gasteiger partial charge in [0.15, 0.2) is 0 Å². The molecule has 110 valence electrons. The first kappa shape index (κ1) is 14.4. The van der Waals surface area contributed by atoms with Crippen molar-refractivity contribution in [2.75, 3.05) is 30.1 Å². The summed E-state index contributed by atoms with van der Waals surface area (Å²) in [7, 11) is 3.57. The molecule has 6 nitrogen and oxygen atoms in total. The number of unbranched alkanes of at least 4 members (excludes halogenated alkanes) is 3. The van der Waals surface area contributed by atoms with Crippen molar-refractivity contribution in [2.45, 2.75) is 25.7 Å². The standard InChI is InChI=1S/C14H22N4O2/c1-4-5-6-7-8-9-18-10-16(2)11-12(19)15-14(20)17(3)13(11)18/h4H,1,5-10H2,2-3H3,(H,15,19,20). The Kier molecular flexibility index (Phi) is 4.32. The number of aromatic amines is 1. The monoisotopic (exact) mass is 278 g/mol. The van der Waals surface area contributed by atoms with Crippen LogP contribution in [-0.2, 0) is 7.05 Å². The van der Waals surface area contributed by atoms with E-state index >= 15 is 0 Å². The molecule has 0 saturated carbocycles. The van der Waals surface area contributed by atoms with Crippen LogP contribution in [-0.4, -0.2) is 29.8 Å². The average Bonchev–Trinajstić information content (AvgIpc) is 2.73. The minimum absolute atomic E-state index is 0.306. The van der Waals surface area contributed by atoms with Crippen LogP contribution in [0, 0.1) is 0 Å². The minimum Gasteiger partial charge on any atom is -0.349 e. The highest BCUT2D eigenvalue weighted by atomic mass is 16.2. The Morgan fingerprint density at radius 1 is 1.25 bits per heavy atom. The van der Waals surface area contributed by atoms with Crippen LogP contribution in [0.2, 0.25) is 0 Å². The van der Waals surface area contributed by atoms with Crippen LogP contribution in [0.3, 0.4) is 0 Å². The number of hydrogen-bond donors (Lipinski definition) is 1. The Hall–Kier alpha value is -1.98. The van der Waals surface area contributed by atoms with E-state index in [9.17, 15) is 9.59 Å². The lowest BCUT2D eigenvalue weighted by molar-refractivity contribution is 0.652. The Morgan fingerprint density at radius 3 is 2.70 bits per heavy atom. The maximum Gasteiger partial charge on any atom is 0.329 e. The molecule has 20 heavy (non-hydrogen) atoms. The summed E-state index contributed by atoms with van der Waals surface area (Å²) < 4.78 is 1.52. The van der Waals surface area contributed by atoms with Crippen molar-refractivity contribution in [3.8, 4) is 0 Å². The number of aromatic nitrogens is 2. The average molecular weight is 278 g/mol. The molecule has 0 unspecified atom stereocenters. The van der Waals surface area contributed by atoms with Crippen LogP contribution in [0.4, 0.5) is 11.5 Å². The van der Waals surface area contributed by atoms with E-state index in [1.807, 2.05) is 18.0 Å². The van der Waals surface area contributed by atoms with Gasteiger partial charge in [0.2, 0.25) is 0 Å². The SMILES string of the molecule is C=CCCCCCN1CN(C)c2c1n(C)c(=O)[nH]c2=O. The molecule has 0 aliphatic carbocycles. The van der Waals surface area contributed by atoms with Gasteiger partial charge < -0.3 is 9.80 Å². The first-order chi connectivity index (χ1) is 9.56. The zero-order chi connectivity index (χ0) is 14.7. The largest absolute Gasteiger partial charge is 0.349 e. The molecule has 0 bridgehead atoms. The van der Waals surface area contributed by atoms with Crippen molar-refractivity contribution in [1.82, 2.24) is 9.55 Å². The van der Waals surface area contributed by atoms with Crippen LogP contribution in [0.5, 0.6) is 0 Å². The fourth-order valence-electron chi connectivity index (χ4n) is 2.64. The van der Waals surface area contributed by atoms with Crippen molar-refractivity contribution in [3.63, 3.8) is 0 Å². The summed E-state index contributed by atoms with van der Waals surface area (Å²) in [6.45, 7) is 5.22. The zero-order valence-corrected chi connectivity index (χ0v) is 12.2. The van der Waals surface area contributed by atoms with Crippen molar-refractivity contribution in [1.29, 1.82) is 0 Å². The summed E-state index contributed by atoms with van der Waals surface area (Å²) in [6.07, 6.45) is 6.27. The van der Waals surface area contributed by atoms with E-state index in [1.54, 1.807) is 7.05 Å². The van der Waals surface area contributed by atoms with Gasteiger partial charge in [-0.15, -0.1) is 6.58 Å². The fourth-order valence-corrected chi connectivity index (χ4v) is 2.64. The van der Waals surface area contributed by atoms with Crippen LogP contribution in [0.15, 0.2) is 22.2 Å². The van der Waals surface area contributed by atoms with E-state index in [2.05, 4.69) is 16.5 Å². The third-order valence-electron chi connectivity index (χ3n) is 3.67. The van der Waals surface area contributed by atoms with E-state index < -0.39 is 0 Å². The second-order valence-corrected chi connectivity index (χ2v) is 5.23. The van der Waals surface area contributed by atoms with Gasteiger partial charge in [0, 0.05) is 20.6 Å². The predicted molar refractivity (Wildman–Crippen MR) is 81.6 cm³/mol. The molecule has 2 heterocycles. The van der Waals surface area contributed by atoms with Gasteiger partial charge in [0.05, 0.1) is 6.67 Å². The molecule has 0 radical (unpaired) electrons. The number of anilines is 2. The predicted octanol–water partition coefficient (Wildman–Crippen LogP) is 1.03. The van der Waals surface area contributed by atoms with Gasteiger partial charge in [0.25, 0.3) is 5.56 Å². The van der Waals surface area contributed by atoms with Crippen LogP contribution < -0.4 is 21.0 Å². The lowest BCUT2D eigenvalue weighted by Crippen LogP contribution is -2.32. The summed E-state index contributed by atoms with van der Waals surface area (Å²) in [5, 5.41) is 0. The Labute approximate surface area is 118 Å². The normalized spacial score (nSPS) is 13.7. The molecular weight excluding hydrogens is 256 g/mol. The number of rotatable bonds is 6. The van der Waals surface area contributed by atoms with Gasteiger partial charge >= 0.3 is 5.69 Å². The van der Waals surface area contributed by atoms with Crippen molar-refractivity contribution in [3.05, 3.63) is 33.5 Å². The highest BCUT2D eigenvalue weighted by Crippen LogP contribution is 2.29. The fraction of sp³-hybridized carbons (Fsp3) is 0.571. The molecule has 1 N–H and O–H groups in total. The number of nitrogens with one attached hydrogen (secondary N) is 1. The number of fused-ring (bicyclic) bond motifs is 1. The second kappa shape index (κ2) is 5.98. The number of H-pyrrole nitrogens is 1. The summed E-state index contributed by atoms with van der Waals surface area (Å²) in [4.78, 5) is 30.0. The molecule has 0 saturated heterocycles. The molecule has 0 atom stereocenters. The van der Waals surface area contributed by atoms with Crippen LogP contribution in [0.1, 0.15) is 25.7 Å². The molecule has 1 aliphatic heterocycles. The lowest BCUT2D eigenvalue weighted by Gasteiger charge is -2.20. The van der Waals surface area contributed by atoms with Gasteiger partial charge in [-0.25, -0.2) is 4.79 Å². The van der Waals surface area contributed by atoms with E-state index in [4.69, 9.17) is 0 Å². The maximum atomic E-state index is 11.9. The Bertz CT molecular complexity index is 602. The summed E-state index contributed by atoms with van der Waals surface area (Å²) in [6, 6.07) is 0.